The number of carbonyl (C=O) groups excluding carboxylic acids is 2. The molecule has 0 spiro atoms. The number of rotatable bonds is 5. The number of aromatic nitrogens is 1. The van der Waals surface area contributed by atoms with E-state index in [1.165, 1.54) is 19.3 Å². The average Bonchev–Trinajstić information content (AvgIpc) is 2.62. The molecule has 0 radical (unpaired) electrons. The zero-order chi connectivity index (χ0) is 19.1. The molecule has 0 atom stereocenters. The Bertz CT molecular complexity index is 860. The minimum absolute atomic E-state index is 0.00795. The van der Waals surface area contributed by atoms with Crippen LogP contribution in [0.1, 0.15) is 17.3 Å². The van der Waals surface area contributed by atoms with Crippen molar-refractivity contribution in [3.8, 4) is 0 Å². The van der Waals surface area contributed by atoms with E-state index in [4.69, 9.17) is 0 Å². The van der Waals surface area contributed by atoms with Crippen LogP contribution in [-0.4, -0.2) is 29.6 Å². The van der Waals surface area contributed by atoms with Gasteiger partial charge in [-0.1, -0.05) is 18.2 Å². The van der Waals surface area contributed by atoms with Gasteiger partial charge in [0.2, 0.25) is 0 Å². The molecule has 134 valence electrons. The molecule has 1 aromatic carbocycles. The van der Waals surface area contributed by atoms with Crippen LogP contribution in [0.3, 0.4) is 0 Å². The van der Waals surface area contributed by atoms with Gasteiger partial charge in [-0.15, -0.1) is 0 Å². The monoisotopic (exact) mass is 358 g/mol. The Hall–Kier alpha value is -3.42. The number of halogens is 2. The van der Waals surface area contributed by atoms with Crippen molar-refractivity contribution >= 4 is 23.3 Å². The van der Waals surface area contributed by atoms with Gasteiger partial charge in [-0.25, -0.2) is 13.8 Å². The maximum absolute atomic E-state index is 13.7. The molecule has 0 unspecified atom stereocenters. The van der Waals surface area contributed by atoms with Gasteiger partial charge >= 0.3 is 0 Å². The zero-order valence-electron chi connectivity index (χ0n) is 14.1. The fourth-order valence-corrected chi connectivity index (χ4v) is 2.12. The van der Waals surface area contributed by atoms with E-state index >= 15 is 0 Å². The SMILES string of the molecule is C/C=C(/NC(=O)c1c(F)cccc1F)C(=NC)C(=O)Nc1ccccn1. The maximum atomic E-state index is 13.7. The Kier molecular flexibility index (Phi) is 6.26. The van der Waals surface area contributed by atoms with Crippen LogP contribution in [0.15, 0.2) is 59.4 Å². The summed E-state index contributed by atoms with van der Waals surface area (Å²) >= 11 is 0. The number of nitrogens with zero attached hydrogens (tertiary/aromatic N) is 2. The maximum Gasteiger partial charge on any atom is 0.277 e. The molecule has 26 heavy (non-hydrogen) atoms. The molecule has 0 aliphatic heterocycles. The molecule has 0 bridgehead atoms. The summed E-state index contributed by atoms with van der Waals surface area (Å²) in [6.07, 6.45) is 2.90. The van der Waals surface area contributed by atoms with E-state index in [0.717, 1.165) is 18.2 Å². The summed E-state index contributed by atoms with van der Waals surface area (Å²) in [5.74, 6) is -3.38. The molecule has 1 heterocycles. The standard InChI is InChI=1S/C18H16F2N4O2/c1-3-13(23-17(25)15-11(19)7-6-8-12(15)20)16(21-2)18(26)24-14-9-4-5-10-22-14/h3-10H,1-2H3,(H,23,25)(H,22,24,26)/b13-3+,21-16?. The van der Waals surface area contributed by atoms with Gasteiger partial charge in [0.05, 0.1) is 5.70 Å². The van der Waals surface area contributed by atoms with Gasteiger partial charge in [0.15, 0.2) is 0 Å². The normalized spacial score (nSPS) is 11.8. The molecule has 2 N–H and O–H groups in total. The van der Waals surface area contributed by atoms with E-state index < -0.39 is 29.0 Å². The molecule has 2 aromatic rings. The van der Waals surface area contributed by atoms with Crippen molar-refractivity contribution in [3.63, 3.8) is 0 Å². The summed E-state index contributed by atoms with van der Waals surface area (Å²) in [4.78, 5) is 32.4. The van der Waals surface area contributed by atoms with Gasteiger partial charge < -0.3 is 10.6 Å². The number of hydrogen-bond donors (Lipinski definition) is 2. The topological polar surface area (TPSA) is 83.5 Å². The van der Waals surface area contributed by atoms with Crippen molar-refractivity contribution in [3.05, 3.63) is 71.6 Å². The fourth-order valence-electron chi connectivity index (χ4n) is 2.12. The first kappa shape index (κ1) is 18.9. The number of allylic oxidation sites excluding steroid dienone is 1. The second-order valence-electron chi connectivity index (χ2n) is 4.99. The van der Waals surface area contributed by atoms with Crippen LogP contribution in [0, 0.1) is 11.6 Å². The first-order valence-corrected chi connectivity index (χ1v) is 7.59. The number of amides is 2. The minimum atomic E-state index is -1.03. The largest absolute Gasteiger partial charge is 0.320 e. The quantitative estimate of drug-likeness (QED) is 0.806. The van der Waals surface area contributed by atoms with Crippen LogP contribution < -0.4 is 10.6 Å². The van der Waals surface area contributed by atoms with Crippen molar-refractivity contribution in [2.75, 3.05) is 12.4 Å². The molecule has 0 saturated heterocycles. The highest BCUT2D eigenvalue weighted by Gasteiger charge is 2.22. The van der Waals surface area contributed by atoms with Gasteiger partial charge in [-0.2, -0.15) is 0 Å². The van der Waals surface area contributed by atoms with Gasteiger partial charge in [-0.3, -0.25) is 14.6 Å². The molecule has 8 heteroatoms. The van der Waals surface area contributed by atoms with Crippen LogP contribution >= 0.6 is 0 Å². The highest BCUT2D eigenvalue weighted by atomic mass is 19.1. The molecular weight excluding hydrogens is 342 g/mol. The third-order valence-corrected chi connectivity index (χ3v) is 3.33. The van der Waals surface area contributed by atoms with E-state index in [9.17, 15) is 18.4 Å². The Morgan fingerprint density at radius 3 is 2.35 bits per heavy atom. The highest BCUT2D eigenvalue weighted by molar-refractivity contribution is 6.49. The number of benzene rings is 1. The predicted molar refractivity (Wildman–Crippen MR) is 93.8 cm³/mol. The lowest BCUT2D eigenvalue weighted by molar-refractivity contribution is -0.110. The van der Waals surface area contributed by atoms with Gasteiger partial charge in [0, 0.05) is 13.2 Å². The molecule has 0 aliphatic rings. The highest BCUT2D eigenvalue weighted by Crippen LogP contribution is 2.13. The first-order valence-electron chi connectivity index (χ1n) is 7.59. The smallest absolute Gasteiger partial charge is 0.277 e. The third kappa shape index (κ3) is 4.35. The fraction of sp³-hybridized carbons (Fsp3) is 0.111. The lowest BCUT2D eigenvalue weighted by Crippen LogP contribution is -2.35. The van der Waals surface area contributed by atoms with E-state index in [-0.39, 0.29) is 11.4 Å². The van der Waals surface area contributed by atoms with Crippen molar-refractivity contribution in [2.45, 2.75) is 6.92 Å². The molecule has 0 aliphatic carbocycles. The van der Waals surface area contributed by atoms with Crippen LogP contribution in [0.25, 0.3) is 0 Å². The van der Waals surface area contributed by atoms with Crippen LogP contribution in [-0.2, 0) is 4.79 Å². The second-order valence-corrected chi connectivity index (χ2v) is 4.99. The van der Waals surface area contributed by atoms with Crippen molar-refractivity contribution in [2.24, 2.45) is 4.99 Å². The number of aliphatic imine (C=N–C) groups is 1. The lowest BCUT2D eigenvalue weighted by Gasteiger charge is -2.13. The van der Waals surface area contributed by atoms with E-state index in [2.05, 4.69) is 20.6 Å². The predicted octanol–water partition coefficient (Wildman–Crippen LogP) is 2.70. The number of anilines is 1. The van der Waals surface area contributed by atoms with Crippen LogP contribution in [0.5, 0.6) is 0 Å². The molecule has 0 fully saturated rings. The van der Waals surface area contributed by atoms with E-state index in [1.807, 2.05) is 0 Å². The molecule has 2 rings (SSSR count). The Labute approximate surface area is 148 Å². The van der Waals surface area contributed by atoms with E-state index in [0.29, 0.717) is 5.82 Å². The molecule has 0 saturated carbocycles. The van der Waals surface area contributed by atoms with Gasteiger partial charge in [-0.05, 0) is 31.2 Å². The molecule has 1 aromatic heterocycles. The Morgan fingerprint density at radius 1 is 1.12 bits per heavy atom. The molecule has 6 nitrogen and oxygen atoms in total. The summed E-state index contributed by atoms with van der Waals surface area (Å²) in [5.41, 5.74) is -0.857. The second kappa shape index (κ2) is 8.61. The Morgan fingerprint density at radius 2 is 1.81 bits per heavy atom. The van der Waals surface area contributed by atoms with Gasteiger partial charge in [0.1, 0.15) is 28.7 Å². The summed E-state index contributed by atoms with van der Waals surface area (Å²) in [5, 5.41) is 4.83. The van der Waals surface area contributed by atoms with Crippen molar-refractivity contribution < 1.29 is 18.4 Å². The van der Waals surface area contributed by atoms with Crippen LogP contribution in [0.4, 0.5) is 14.6 Å². The van der Waals surface area contributed by atoms with Gasteiger partial charge in [0.25, 0.3) is 11.8 Å². The summed E-state index contributed by atoms with van der Waals surface area (Å²) in [6, 6.07) is 8.03. The summed E-state index contributed by atoms with van der Waals surface area (Å²) < 4.78 is 27.5. The lowest BCUT2D eigenvalue weighted by atomic mass is 10.1. The van der Waals surface area contributed by atoms with Crippen molar-refractivity contribution in [1.82, 2.24) is 10.3 Å². The summed E-state index contributed by atoms with van der Waals surface area (Å²) in [6.45, 7) is 1.55. The van der Waals surface area contributed by atoms with Crippen LogP contribution in [0.2, 0.25) is 0 Å². The molecular formula is C18H16F2N4O2. The number of carbonyl (C=O) groups is 2. The zero-order valence-corrected chi connectivity index (χ0v) is 14.1. The number of hydrogen-bond acceptors (Lipinski definition) is 4. The van der Waals surface area contributed by atoms with E-state index in [1.54, 1.807) is 25.1 Å². The average molecular weight is 358 g/mol. The minimum Gasteiger partial charge on any atom is -0.320 e. The number of pyridine rings is 1. The Balaban J connectivity index is 2.21. The summed E-state index contributed by atoms with van der Waals surface area (Å²) in [7, 11) is 1.35. The first-order chi connectivity index (χ1) is 12.5. The number of nitrogens with one attached hydrogen (secondary N) is 2. The van der Waals surface area contributed by atoms with Crippen molar-refractivity contribution in [1.29, 1.82) is 0 Å². The molecule has 2 amide bonds. The third-order valence-electron chi connectivity index (χ3n) is 3.33.